The first-order valence-corrected chi connectivity index (χ1v) is 11.5. The normalized spacial score (nSPS) is 15.2. The minimum Gasteiger partial charge on any atom is -0.497 e. The molecule has 5 rings (SSSR count). The Labute approximate surface area is 185 Å². The summed E-state index contributed by atoms with van der Waals surface area (Å²) in [5.41, 5.74) is 4.40. The topological polar surface area (TPSA) is 71.1 Å². The van der Waals surface area contributed by atoms with E-state index in [-0.39, 0.29) is 5.91 Å². The molecule has 6 nitrogen and oxygen atoms in total. The van der Waals surface area contributed by atoms with E-state index in [0.717, 1.165) is 69.4 Å². The van der Waals surface area contributed by atoms with Crippen molar-refractivity contribution >= 4 is 38.4 Å². The first-order valence-electron chi connectivity index (χ1n) is 10.6. The molecule has 1 fully saturated rings. The van der Waals surface area contributed by atoms with Gasteiger partial charge in [0, 0.05) is 41.3 Å². The molecule has 0 saturated carbocycles. The number of aromatic amines is 1. The first-order chi connectivity index (χ1) is 15.0. The Kier molecular flexibility index (Phi) is 4.93. The van der Waals surface area contributed by atoms with E-state index >= 15 is 0 Å². The van der Waals surface area contributed by atoms with Gasteiger partial charge in [-0.15, -0.1) is 11.3 Å². The molecule has 160 valence electrons. The summed E-state index contributed by atoms with van der Waals surface area (Å²) >= 11 is 1.50. The lowest BCUT2D eigenvalue weighted by Gasteiger charge is -2.32. The van der Waals surface area contributed by atoms with Gasteiger partial charge in [-0.2, -0.15) is 0 Å². The molecule has 0 radical (unpaired) electrons. The van der Waals surface area contributed by atoms with Crippen molar-refractivity contribution in [2.45, 2.75) is 39.5 Å². The Bertz CT molecular complexity index is 1300. The van der Waals surface area contributed by atoms with Crippen molar-refractivity contribution in [1.29, 1.82) is 0 Å². The van der Waals surface area contributed by atoms with Crippen molar-refractivity contribution in [2.24, 2.45) is 0 Å². The van der Waals surface area contributed by atoms with E-state index in [4.69, 9.17) is 4.74 Å². The van der Waals surface area contributed by atoms with Gasteiger partial charge >= 0.3 is 0 Å². The minimum atomic E-state index is 0.122. The highest BCUT2D eigenvalue weighted by molar-refractivity contribution is 7.20. The minimum absolute atomic E-state index is 0.122. The van der Waals surface area contributed by atoms with Gasteiger partial charge in [0.25, 0.3) is 5.91 Å². The van der Waals surface area contributed by atoms with Crippen molar-refractivity contribution in [1.82, 2.24) is 19.9 Å². The molecule has 1 aromatic carbocycles. The number of thiophene rings is 1. The monoisotopic (exact) mass is 434 g/mol. The number of aryl methyl sites for hydroxylation is 3. The summed E-state index contributed by atoms with van der Waals surface area (Å²) in [6.45, 7) is 7.43. The third kappa shape index (κ3) is 3.37. The van der Waals surface area contributed by atoms with Gasteiger partial charge in [-0.3, -0.25) is 4.79 Å². The molecule has 0 spiro atoms. The molecular formula is C24H26N4O2S. The van der Waals surface area contributed by atoms with Crippen LogP contribution in [-0.4, -0.2) is 46.0 Å². The van der Waals surface area contributed by atoms with Crippen LogP contribution in [-0.2, 0) is 0 Å². The van der Waals surface area contributed by atoms with Crippen LogP contribution in [0.15, 0.2) is 24.4 Å². The molecule has 0 atom stereocenters. The Hall–Kier alpha value is -2.93. The molecule has 1 aliphatic rings. The summed E-state index contributed by atoms with van der Waals surface area (Å²) in [4.78, 5) is 29.5. The molecular weight excluding hydrogens is 408 g/mol. The van der Waals surface area contributed by atoms with Gasteiger partial charge in [0.1, 0.15) is 16.4 Å². The maximum atomic E-state index is 13.3. The number of rotatable bonds is 3. The Balaban J connectivity index is 1.36. The van der Waals surface area contributed by atoms with Gasteiger partial charge in [-0.1, -0.05) is 0 Å². The summed E-state index contributed by atoms with van der Waals surface area (Å²) in [5.74, 6) is 2.18. The van der Waals surface area contributed by atoms with E-state index in [0.29, 0.717) is 5.92 Å². The highest BCUT2D eigenvalue weighted by atomic mass is 32.1. The van der Waals surface area contributed by atoms with E-state index < -0.39 is 0 Å². The quantitative estimate of drug-likeness (QED) is 0.485. The fraction of sp³-hybridized carbons (Fsp3) is 0.375. The number of carbonyl (C=O) groups excluding carboxylic acids is 1. The number of H-pyrrole nitrogens is 1. The van der Waals surface area contributed by atoms with Crippen molar-refractivity contribution in [3.8, 4) is 5.75 Å². The van der Waals surface area contributed by atoms with Crippen molar-refractivity contribution in [2.75, 3.05) is 20.2 Å². The molecule has 7 heteroatoms. The third-order valence-electron chi connectivity index (χ3n) is 6.42. The summed E-state index contributed by atoms with van der Waals surface area (Å²) in [6.07, 6.45) is 4.03. The van der Waals surface area contributed by atoms with E-state index in [1.165, 1.54) is 22.3 Å². The Morgan fingerprint density at radius 2 is 1.97 bits per heavy atom. The van der Waals surface area contributed by atoms with Crippen LogP contribution in [0.25, 0.3) is 21.1 Å². The molecule has 0 aliphatic carbocycles. The molecule has 1 aliphatic heterocycles. The number of nitrogens with one attached hydrogen (secondary N) is 1. The number of piperidine rings is 1. The Morgan fingerprint density at radius 1 is 1.19 bits per heavy atom. The number of likely N-dealkylation sites (tertiary alicyclic amines) is 1. The second-order valence-electron chi connectivity index (χ2n) is 8.31. The van der Waals surface area contributed by atoms with Gasteiger partial charge in [-0.05, 0) is 68.9 Å². The molecule has 1 saturated heterocycles. The number of hydrogen-bond donors (Lipinski definition) is 1. The molecule has 4 aromatic rings. The van der Waals surface area contributed by atoms with Gasteiger partial charge < -0.3 is 14.6 Å². The zero-order chi connectivity index (χ0) is 21.7. The third-order valence-corrected chi connectivity index (χ3v) is 7.59. The summed E-state index contributed by atoms with van der Waals surface area (Å²) < 4.78 is 5.41. The predicted octanol–water partition coefficient (Wildman–Crippen LogP) is 5.13. The second-order valence-corrected chi connectivity index (χ2v) is 9.31. The Morgan fingerprint density at radius 3 is 2.71 bits per heavy atom. The molecule has 31 heavy (non-hydrogen) atoms. The van der Waals surface area contributed by atoms with E-state index in [9.17, 15) is 4.79 Å². The number of hydrogen-bond acceptors (Lipinski definition) is 5. The predicted molar refractivity (Wildman–Crippen MR) is 124 cm³/mol. The molecule has 1 N–H and O–H groups in total. The lowest BCUT2D eigenvalue weighted by molar-refractivity contribution is 0.0717. The smallest absolute Gasteiger partial charge is 0.264 e. The second kappa shape index (κ2) is 7.64. The highest BCUT2D eigenvalue weighted by Gasteiger charge is 2.28. The van der Waals surface area contributed by atoms with Crippen LogP contribution in [0.3, 0.4) is 0 Å². The van der Waals surface area contributed by atoms with Gasteiger partial charge in [-0.25, -0.2) is 9.97 Å². The number of carbonyl (C=O) groups is 1. The number of fused-ring (bicyclic) bond motifs is 2. The number of aromatic nitrogens is 3. The zero-order valence-corrected chi connectivity index (χ0v) is 19.1. The zero-order valence-electron chi connectivity index (χ0n) is 18.3. The molecule has 4 heterocycles. The average molecular weight is 435 g/mol. The van der Waals surface area contributed by atoms with Gasteiger partial charge in [0.05, 0.1) is 12.0 Å². The van der Waals surface area contributed by atoms with E-state index in [1.54, 1.807) is 7.11 Å². The van der Waals surface area contributed by atoms with Crippen LogP contribution < -0.4 is 4.74 Å². The molecule has 0 unspecified atom stereocenters. The average Bonchev–Trinajstić information content (AvgIpc) is 3.33. The van der Waals surface area contributed by atoms with Crippen LogP contribution in [0.2, 0.25) is 0 Å². The number of ether oxygens (including phenoxy) is 1. The lowest BCUT2D eigenvalue weighted by Crippen LogP contribution is -2.37. The maximum Gasteiger partial charge on any atom is 0.264 e. The standard InChI is InChI=1S/C24H26N4O2S/c1-13-21-14(2)26-15(3)27-23(21)31-22(13)24(29)28-9-7-16(8-10-28)19-12-25-20-6-5-17(30-4)11-18(19)20/h5-6,11-12,16,25H,7-10H2,1-4H3. The fourth-order valence-electron chi connectivity index (χ4n) is 4.80. The van der Waals surface area contributed by atoms with Crippen LogP contribution in [0, 0.1) is 20.8 Å². The van der Waals surface area contributed by atoms with Crippen LogP contribution in [0.1, 0.15) is 51.1 Å². The fourth-order valence-corrected chi connectivity index (χ4v) is 6.05. The van der Waals surface area contributed by atoms with Crippen LogP contribution >= 0.6 is 11.3 Å². The van der Waals surface area contributed by atoms with Crippen LogP contribution in [0.5, 0.6) is 5.75 Å². The highest BCUT2D eigenvalue weighted by Crippen LogP contribution is 2.37. The van der Waals surface area contributed by atoms with Crippen molar-refractivity contribution < 1.29 is 9.53 Å². The van der Waals surface area contributed by atoms with Crippen molar-refractivity contribution in [3.05, 3.63) is 51.9 Å². The maximum absolute atomic E-state index is 13.3. The van der Waals surface area contributed by atoms with E-state index in [1.807, 2.05) is 31.7 Å². The molecule has 1 amide bonds. The number of amides is 1. The number of benzene rings is 1. The number of methoxy groups -OCH3 is 1. The molecule has 0 bridgehead atoms. The summed E-state index contributed by atoms with van der Waals surface area (Å²) in [6, 6.07) is 6.14. The van der Waals surface area contributed by atoms with Crippen LogP contribution in [0.4, 0.5) is 0 Å². The van der Waals surface area contributed by atoms with Crippen molar-refractivity contribution in [3.63, 3.8) is 0 Å². The SMILES string of the molecule is COc1ccc2[nH]cc(C3CCN(C(=O)c4sc5nc(C)nc(C)c5c4C)CC3)c2c1. The van der Waals surface area contributed by atoms with E-state index in [2.05, 4.69) is 33.3 Å². The van der Waals surface area contributed by atoms with Gasteiger partial charge in [0.2, 0.25) is 0 Å². The van der Waals surface area contributed by atoms with Gasteiger partial charge in [0.15, 0.2) is 0 Å². The lowest BCUT2D eigenvalue weighted by atomic mass is 9.89. The first kappa shape index (κ1) is 20.0. The molecule has 3 aromatic heterocycles. The largest absolute Gasteiger partial charge is 0.497 e. The number of nitrogens with zero attached hydrogens (tertiary/aromatic N) is 3. The summed E-state index contributed by atoms with van der Waals surface area (Å²) in [5, 5.41) is 2.25. The summed E-state index contributed by atoms with van der Waals surface area (Å²) in [7, 11) is 1.70.